The summed E-state index contributed by atoms with van der Waals surface area (Å²) in [6.45, 7) is 6.92. The quantitative estimate of drug-likeness (QED) is 0.801. The van der Waals surface area contributed by atoms with Gasteiger partial charge in [-0.15, -0.1) is 0 Å². The smallest absolute Gasteiger partial charge is 0.254 e. The van der Waals surface area contributed by atoms with Gasteiger partial charge in [-0.3, -0.25) is 14.3 Å². The molecule has 2 aliphatic heterocycles. The van der Waals surface area contributed by atoms with E-state index in [-0.39, 0.29) is 23.8 Å². The Morgan fingerprint density at radius 1 is 1.17 bits per heavy atom. The number of amides is 2. The van der Waals surface area contributed by atoms with E-state index < -0.39 is 0 Å². The summed E-state index contributed by atoms with van der Waals surface area (Å²) in [5.74, 6) is 0.769. The van der Waals surface area contributed by atoms with E-state index in [4.69, 9.17) is 0 Å². The van der Waals surface area contributed by atoms with Crippen LogP contribution in [0.15, 0.2) is 42.7 Å². The first-order chi connectivity index (χ1) is 14.0. The molecular formula is C23H30N4O2. The minimum absolute atomic E-state index is 0.0328. The fourth-order valence-electron chi connectivity index (χ4n) is 4.77. The first-order valence-electron chi connectivity index (χ1n) is 10.7. The molecule has 0 unspecified atom stereocenters. The molecule has 2 aliphatic rings. The molecule has 1 aromatic carbocycles. The molecule has 0 radical (unpaired) electrons. The highest BCUT2D eigenvalue weighted by Crippen LogP contribution is 2.32. The minimum atomic E-state index is 0.0328. The maximum absolute atomic E-state index is 13.4. The molecule has 0 aliphatic carbocycles. The first-order valence-corrected chi connectivity index (χ1v) is 10.7. The predicted octanol–water partition coefficient (Wildman–Crippen LogP) is 3.04. The molecule has 2 amide bonds. The molecular weight excluding hydrogens is 364 g/mol. The van der Waals surface area contributed by atoms with Gasteiger partial charge in [0.15, 0.2) is 0 Å². The highest BCUT2D eigenvalue weighted by molar-refractivity contribution is 5.94. The minimum Gasteiger partial charge on any atom is -0.342 e. The Morgan fingerprint density at radius 2 is 2.03 bits per heavy atom. The van der Waals surface area contributed by atoms with Crippen molar-refractivity contribution in [3.63, 3.8) is 0 Å². The SMILES string of the molecule is CC(C)C(=O)N1CC[C@@H]2[C@H](CCCN2C(=O)c2cccc(Cn3cccn3)c2)C1. The molecule has 6 heteroatoms. The number of aromatic nitrogens is 2. The Hall–Kier alpha value is -2.63. The number of carbonyl (C=O) groups excluding carboxylic acids is 2. The van der Waals surface area contributed by atoms with E-state index in [1.807, 2.05) is 60.0 Å². The summed E-state index contributed by atoms with van der Waals surface area (Å²) in [6.07, 6.45) is 6.66. The fraction of sp³-hybridized carbons (Fsp3) is 0.522. The van der Waals surface area contributed by atoms with Crippen LogP contribution in [0.3, 0.4) is 0 Å². The van der Waals surface area contributed by atoms with Crippen LogP contribution < -0.4 is 0 Å². The van der Waals surface area contributed by atoms with Crippen molar-refractivity contribution in [2.75, 3.05) is 19.6 Å². The average molecular weight is 395 g/mol. The Morgan fingerprint density at radius 3 is 2.79 bits per heavy atom. The Bertz CT molecular complexity index is 862. The molecule has 2 aromatic rings. The van der Waals surface area contributed by atoms with Gasteiger partial charge >= 0.3 is 0 Å². The van der Waals surface area contributed by atoms with E-state index in [9.17, 15) is 9.59 Å². The van der Waals surface area contributed by atoms with Crippen LogP contribution in [0.4, 0.5) is 0 Å². The van der Waals surface area contributed by atoms with Crippen molar-refractivity contribution in [3.05, 3.63) is 53.9 Å². The molecule has 29 heavy (non-hydrogen) atoms. The van der Waals surface area contributed by atoms with Gasteiger partial charge in [-0.05, 0) is 48.9 Å². The summed E-state index contributed by atoms with van der Waals surface area (Å²) < 4.78 is 1.86. The van der Waals surface area contributed by atoms with Gasteiger partial charge in [-0.25, -0.2) is 0 Å². The monoisotopic (exact) mass is 394 g/mol. The highest BCUT2D eigenvalue weighted by atomic mass is 16.2. The van der Waals surface area contributed by atoms with Crippen LogP contribution in [-0.2, 0) is 11.3 Å². The normalized spacial score (nSPS) is 21.9. The van der Waals surface area contributed by atoms with E-state index >= 15 is 0 Å². The van der Waals surface area contributed by atoms with Crippen molar-refractivity contribution >= 4 is 11.8 Å². The summed E-state index contributed by atoms with van der Waals surface area (Å²) in [6, 6.07) is 10.0. The van der Waals surface area contributed by atoms with Crippen molar-refractivity contribution in [1.29, 1.82) is 0 Å². The van der Waals surface area contributed by atoms with Crippen LogP contribution in [0.2, 0.25) is 0 Å². The van der Waals surface area contributed by atoms with E-state index in [1.54, 1.807) is 6.20 Å². The fourth-order valence-corrected chi connectivity index (χ4v) is 4.77. The average Bonchev–Trinajstić information content (AvgIpc) is 3.25. The third kappa shape index (κ3) is 4.21. The van der Waals surface area contributed by atoms with Gasteiger partial charge in [0.25, 0.3) is 5.91 Å². The van der Waals surface area contributed by atoms with Gasteiger partial charge in [0, 0.05) is 49.6 Å². The second-order valence-electron chi connectivity index (χ2n) is 8.60. The number of hydrogen-bond donors (Lipinski definition) is 0. The number of piperidine rings is 2. The lowest BCUT2D eigenvalue weighted by Crippen LogP contribution is -2.57. The maximum atomic E-state index is 13.4. The molecule has 2 atom stereocenters. The standard InChI is InChI=1S/C23H30N4O2/c1-17(2)22(28)25-13-9-21-20(16-25)8-4-12-27(21)23(29)19-7-3-6-18(14-19)15-26-11-5-10-24-26/h3,5-7,10-11,14,17,20-21H,4,8-9,12-13,15-16H2,1-2H3/t20-,21-/m1/s1. The molecule has 0 spiro atoms. The van der Waals surface area contributed by atoms with Crippen molar-refractivity contribution < 1.29 is 9.59 Å². The zero-order valence-corrected chi connectivity index (χ0v) is 17.3. The van der Waals surface area contributed by atoms with Crippen molar-refractivity contribution in [1.82, 2.24) is 19.6 Å². The number of carbonyl (C=O) groups is 2. The summed E-state index contributed by atoms with van der Waals surface area (Å²) in [7, 11) is 0. The topological polar surface area (TPSA) is 58.4 Å². The molecule has 154 valence electrons. The van der Waals surface area contributed by atoms with Gasteiger partial charge in [0.1, 0.15) is 0 Å². The largest absolute Gasteiger partial charge is 0.342 e. The molecule has 0 N–H and O–H groups in total. The van der Waals surface area contributed by atoms with Gasteiger partial charge in [0.2, 0.25) is 5.91 Å². The summed E-state index contributed by atoms with van der Waals surface area (Å²) >= 11 is 0. The number of fused-ring (bicyclic) bond motifs is 1. The van der Waals surface area contributed by atoms with E-state index in [2.05, 4.69) is 10.00 Å². The third-order valence-corrected chi connectivity index (χ3v) is 6.21. The Balaban J connectivity index is 1.47. The van der Waals surface area contributed by atoms with Gasteiger partial charge in [-0.2, -0.15) is 5.10 Å². The van der Waals surface area contributed by atoms with Gasteiger partial charge in [-0.1, -0.05) is 26.0 Å². The third-order valence-electron chi connectivity index (χ3n) is 6.21. The zero-order valence-electron chi connectivity index (χ0n) is 17.3. The van der Waals surface area contributed by atoms with Crippen LogP contribution >= 0.6 is 0 Å². The molecule has 3 heterocycles. The lowest BCUT2D eigenvalue weighted by Gasteiger charge is -2.47. The van der Waals surface area contributed by atoms with Crippen LogP contribution in [0.25, 0.3) is 0 Å². The zero-order chi connectivity index (χ0) is 20.4. The molecule has 2 fully saturated rings. The van der Waals surface area contributed by atoms with Crippen LogP contribution in [-0.4, -0.2) is 57.1 Å². The van der Waals surface area contributed by atoms with E-state index in [0.29, 0.717) is 12.5 Å². The molecule has 0 saturated carbocycles. The number of benzene rings is 1. The summed E-state index contributed by atoms with van der Waals surface area (Å²) in [5.41, 5.74) is 1.82. The number of hydrogen-bond acceptors (Lipinski definition) is 3. The van der Waals surface area contributed by atoms with Gasteiger partial charge in [0.05, 0.1) is 6.54 Å². The molecule has 1 aromatic heterocycles. The summed E-state index contributed by atoms with van der Waals surface area (Å²) in [5, 5.41) is 4.25. The number of nitrogens with zero attached hydrogens (tertiary/aromatic N) is 4. The molecule has 2 saturated heterocycles. The van der Waals surface area contributed by atoms with Crippen molar-refractivity contribution in [3.8, 4) is 0 Å². The molecule has 4 rings (SSSR count). The molecule has 6 nitrogen and oxygen atoms in total. The Kier molecular flexibility index (Phi) is 5.69. The number of rotatable bonds is 4. The van der Waals surface area contributed by atoms with Gasteiger partial charge < -0.3 is 9.80 Å². The van der Waals surface area contributed by atoms with Crippen LogP contribution in [0, 0.1) is 11.8 Å². The van der Waals surface area contributed by atoms with Crippen molar-refractivity contribution in [2.24, 2.45) is 11.8 Å². The lowest BCUT2D eigenvalue weighted by atomic mass is 9.83. The second-order valence-corrected chi connectivity index (χ2v) is 8.60. The van der Waals surface area contributed by atoms with Crippen molar-refractivity contribution in [2.45, 2.75) is 45.7 Å². The van der Waals surface area contributed by atoms with Crippen LogP contribution in [0.1, 0.15) is 49.0 Å². The maximum Gasteiger partial charge on any atom is 0.254 e. The summed E-state index contributed by atoms with van der Waals surface area (Å²) in [4.78, 5) is 29.8. The highest BCUT2D eigenvalue weighted by Gasteiger charge is 2.39. The number of likely N-dealkylation sites (tertiary alicyclic amines) is 2. The second kappa shape index (κ2) is 8.39. The predicted molar refractivity (Wildman–Crippen MR) is 111 cm³/mol. The first kappa shape index (κ1) is 19.7. The lowest BCUT2D eigenvalue weighted by molar-refractivity contribution is -0.137. The van der Waals surface area contributed by atoms with E-state index in [0.717, 1.165) is 50.0 Å². The molecule has 0 bridgehead atoms. The Labute approximate surface area is 172 Å². The van der Waals surface area contributed by atoms with Crippen LogP contribution in [0.5, 0.6) is 0 Å². The van der Waals surface area contributed by atoms with E-state index in [1.165, 1.54) is 0 Å².